The van der Waals surface area contributed by atoms with E-state index in [4.69, 9.17) is 4.74 Å². The van der Waals surface area contributed by atoms with E-state index in [1.807, 2.05) is 54.1 Å². The molecule has 3 rings (SSSR count). The Kier molecular flexibility index (Phi) is 6.20. The van der Waals surface area contributed by atoms with E-state index in [0.717, 1.165) is 28.3 Å². The van der Waals surface area contributed by atoms with Gasteiger partial charge in [-0.3, -0.25) is 14.5 Å². The van der Waals surface area contributed by atoms with Gasteiger partial charge >= 0.3 is 0 Å². The van der Waals surface area contributed by atoms with Crippen LogP contribution >= 0.6 is 0 Å². The molecule has 3 aromatic rings. The molecule has 2 aromatic heterocycles. The molecule has 0 radical (unpaired) electrons. The molecule has 27 heavy (non-hydrogen) atoms. The quantitative estimate of drug-likeness (QED) is 0.667. The molecular weight excluding hydrogens is 340 g/mol. The molecule has 1 N–H and O–H groups in total. The minimum Gasteiger partial charge on any atom is -0.497 e. The van der Waals surface area contributed by atoms with Crippen LogP contribution in [-0.4, -0.2) is 34.3 Å². The lowest BCUT2D eigenvalue weighted by molar-refractivity contribution is -0.121. The number of hydrogen-bond acceptors (Lipinski definition) is 4. The molecular formula is C21H24N4O2. The van der Waals surface area contributed by atoms with Crippen molar-refractivity contribution in [2.24, 2.45) is 0 Å². The first-order valence-electron chi connectivity index (χ1n) is 9.00. The molecule has 1 aromatic carbocycles. The maximum absolute atomic E-state index is 12.1. The standard InChI is InChI=1S/C21H24N4O2/c1-16-15-20(18-9-11-22-12-10-18)24-25(16)14-13-23-21(26)8-5-17-3-6-19(27-2)7-4-17/h3-4,6-7,9-12,15H,5,8,13-14H2,1-2H3,(H,23,26). The lowest BCUT2D eigenvalue weighted by Gasteiger charge is -2.07. The molecule has 2 heterocycles. The highest BCUT2D eigenvalue weighted by molar-refractivity contribution is 5.76. The van der Waals surface area contributed by atoms with Gasteiger partial charge in [0.1, 0.15) is 5.75 Å². The molecule has 0 spiro atoms. The van der Waals surface area contributed by atoms with Crippen molar-refractivity contribution in [2.45, 2.75) is 26.3 Å². The van der Waals surface area contributed by atoms with Gasteiger partial charge in [0.25, 0.3) is 0 Å². The van der Waals surface area contributed by atoms with Crippen LogP contribution < -0.4 is 10.1 Å². The molecule has 0 saturated carbocycles. The van der Waals surface area contributed by atoms with E-state index in [1.165, 1.54) is 0 Å². The Labute approximate surface area is 159 Å². The number of nitrogens with zero attached hydrogens (tertiary/aromatic N) is 3. The zero-order valence-corrected chi connectivity index (χ0v) is 15.7. The maximum Gasteiger partial charge on any atom is 0.220 e. The largest absolute Gasteiger partial charge is 0.497 e. The summed E-state index contributed by atoms with van der Waals surface area (Å²) in [7, 11) is 1.64. The second kappa shape index (κ2) is 8.98. The van der Waals surface area contributed by atoms with Crippen LogP contribution in [-0.2, 0) is 17.8 Å². The predicted octanol–water partition coefficient (Wildman–Crippen LogP) is 3.01. The van der Waals surface area contributed by atoms with Crippen molar-refractivity contribution in [1.82, 2.24) is 20.1 Å². The fraction of sp³-hybridized carbons (Fsp3) is 0.286. The number of aryl methyl sites for hydroxylation is 2. The molecule has 0 aliphatic carbocycles. The second-order valence-corrected chi connectivity index (χ2v) is 6.33. The van der Waals surface area contributed by atoms with Crippen molar-refractivity contribution >= 4 is 5.91 Å². The summed E-state index contributed by atoms with van der Waals surface area (Å²) in [5.41, 5.74) is 4.14. The second-order valence-electron chi connectivity index (χ2n) is 6.33. The van der Waals surface area contributed by atoms with Gasteiger partial charge in [-0.15, -0.1) is 0 Å². The van der Waals surface area contributed by atoms with Gasteiger partial charge in [0.15, 0.2) is 0 Å². The Morgan fingerprint density at radius 1 is 1.15 bits per heavy atom. The number of pyridine rings is 1. The monoisotopic (exact) mass is 364 g/mol. The highest BCUT2D eigenvalue weighted by Gasteiger charge is 2.07. The Balaban J connectivity index is 1.45. The molecule has 0 atom stereocenters. The van der Waals surface area contributed by atoms with E-state index in [9.17, 15) is 4.79 Å². The van der Waals surface area contributed by atoms with Crippen LogP contribution in [0.15, 0.2) is 54.9 Å². The summed E-state index contributed by atoms with van der Waals surface area (Å²) in [4.78, 5) is 16.1. The van der Waals surface area contributed by atoms with Crippen LogP contribution in [0.2, 0.25) is 0 Å². The predicted molar refractivity (Wildman–Crippen MR) is 105 cm³/mol. The smallest absolute Gasteiger partial charge is 0.220 e. The molecule has 0 saturated heterocycles. The first-order valence-corrected chi connectivity index (χ1v) is 9.00. The zero-order chi connectivity index (χ0) is 19.1. The molecule has 0 aliphatic heterocycles. The minimum atomic E-state index is 0.0463. The summed E-state index contributed by atoms with van der Waals surface area (Å²) in [6.07, 6.45) is 4.69. The van der Waals surface area contributed by atoms with Gasteiger partial charge in [-0.1, -0.05) is 12.1 Å². The Morgan fingerprint density at radius 3 is 2.59 bits per heavy atom. The van der Waals surface area contributed by atoms with Gasteiger partial charge in [0.2, 0.25) is 5.91 Å². The third-order valence-electron chi connectivity index (χ3n) is 4.40. The fourth-order valence-corrected chi connectivity index (χ4v) is 2.84. The van der Waals surface area contributed by atoms with Gasteiger partial charge in [0.05, 0.1) is 19.3 Å². The summed E-state index contributed by atoms with van der Waals surface area (Å²) in [6.45, 7) is 3.22. The molecule has 6 heteroatoms. The molecule has 6 nitrogen and oxygen atoms in total. The average Bonchev–Trinajstić information content (AvgIpc) is 3.08. The number of methoxy groups -OCH3 is 1. The van der Waals surface area contributed by atoms with Gasteiger partial charge in [0, 0.05) is 36.6 Å². The summed E-state index contributed by atoms with van der Waals surface area (Å²) in [5, 5.41) is 7.58. The normalized spacial score (nSPS) is 10.6. The molecule has 0 bridgehead atoms. The Morgan fingerprint density at radius 2 is 1.89 bits per heavy atom. The highest BCUT2D eigenvalue weighted by atomic mass is 16.5. The summed E-state index contributed by atoms with van der Waals surface area (Å²) >= 11 is 0. The fourth-order valence-electron chi connectivity index (χ4n) is 2.84. The molecule has 1 amide bonds. The number of benzene rings is 1. The van der Waals surface area contributed by atoms with Gasteiger partial charge < -0.3 is 10.1 Å². The third kappa shape index (κ3) is 5.17. The van der Waals surface area contributed by atoms with Crippen LogP contribution in [0.25, 0.3) is 11.3 Å². The van der Waals surface area contributed by atoms with Crippen molar-refractivity contribution in [2.75, 3.05) is 13.7 Å². The molecule has 0 aliphatic rings. The van der Waals surface area contributed by atoms with Crippen LogP contribution in [0.3, 0.4) is 0 Å². The van der Waals surface area contributed by atoms with Crippen LogP contribution in [0.5, 0.6) is 5.75 Å². The van der Waals surface area contributed by atoms with Crippen molar-refractivity contribution in [3.8, 4) is 17.0 Å². The average molecular weight is 364 g/mol. The van der Waals surface area contributed by atoms with Crippen LogP contribution in [0.1, 0.15) is 17.7 Å². The number of hydrogen-bond donors (Lipinski definition) is 1. The van der Waals surface area contributed by atoms with Gasteiger partial charge in [-0.05, 0) is 49.2 Å². The van der Waals surface area contributed by atoms with Gasteiger partial charge in [-0.25, -0.2) is 0 Å². The number of nitrogens with one attached hydrogen (secondary N) is 1. The highest BCUT2D eigenvalue weighted by Crippen LogP contribution is 2.17. The first-order chi connectivity index (χ1) is 13.2. The topological polar surface area (TPSA) is 69.0 Å². The summed E-state index contributed by atoms with van der Waals surface area (Å²) < 4.78 is 7.06. The number of amides is 1. The zero-order valence-electron chi connectivity index (χ0n) is 15.7. The molecule has 140 valence electrons. The van der Waals surface area contributed by atoms with E-state index in [-0.39, 0.29) is 5.91 Å². The SMILES string of the molecule is COc1ccc(CCC(=O)NCCn2nc(-c3ccncc3)cc2C)cc1. The molecule has 0 unspecified atom stereocenters. The van der Waals surface area contributed by atoms with Crippen molar-refractivity contribution in [3.05, 3.63) is 66.1 Å². The lowest BCUT2D eigenvalue weighted by atomic mass is 10.1. The first kappa shape index (κ1) is 18.6. The minimum absolute atomic E-state index is 0.0463. The van der Waals surface area contributed by atoms with Crippen LogP contribution in [0, 0.1) is 6.92 Å². The Bertz CT molecular complexity index is 873. The Hall–Kier alpha value is -3.15. The van der Waals surface area contributed by atoms with Crippen molar-refractivity contribution < 1.29 is 9.53 Å². The van der Waals surface area contributed by atoms with Crippen molar-refractivity contribution in [1.29, 1.82) is 0 Å². The third-order valence-corrected chi connectivity index (χ3v) is 4.40. The van der Waals surface area contributed by atoms with E-state index >= 15 is 0 Å². The van der Waals surface area contributed by atoms with Gasteiger partial charge in [-0.2, -0.15) is 5.10 Å². The summed E-state index contributed by atoms with van der Waals surface area (Å²) in [5.74, 6) is 0.869. The number of aromatic nitrogens is 3. The van der Waals surface area contributed by atoms with E-state index in [1.54, 1.807) is 19.5 Å². The van der Waals surface area contributed by atoms with E-state index in [0.29, 0.717) is 25.9 Å². The van der Waals surface area contributed by atoms with Crippen molar-refractivity contribution in [3.63, 3.8) is 0 Å². The lowest BCUT2D eigenvalue weighted by Crippen LogP contribution is -2.27. The summed E-state index contributed by atoms with van der Waals surface area (Å²) in [6, 6.07) is 13.7. The maximum atomic E-state index is 12.1. The number of carbonyl (C=O) groups is 1. The number of carbonyl (C=O) groups excluding carboxylic acids is 1. The van der Waals surface area contributed by atoms with E-state index < -0.39 is 0 Å². The number of ether oxygens (including phenoxy) is 1. The van der Waals surface area contributed by atoms with E-state index in [2.05, 4.69) is 15.4 Å². The van der Waals surface area contributed by atoms with Crippen LogP contribution in [0.4, 0.5) is 0 Å². The molecule has 0 fully saturated rings. The number of rotatable bonds is 8.